The Morgan fingerprint density at radius 3 is 2.83 bits per heavy atom. The summed E-state index contributed by atoms with van der Waals surface area (Å²) < 4.78 is 10.9. The van der Waals surface area contributed by atoms with Crippen molar-refractivity contribution >= 4 is 35.8 Å². The van der Waals surface area contributed by atoms with Gasteiger partial charge in [0.1, 0.15) is 5.76 Å². The van der Waals surface area contributed by atoms with E-state index in [0.717, 1.165) is 56.4 Å². The van der Waals surface area contributed by atoms with Crippen molar-refractivity contribution in [1.82, 2.24) is 15.5 Å². The van der Waals surface area contributed by atoms with Gasteiger partial charge in [-0.3, -0.25) is 9.79 Å². The summed E-state index contributed by atoms with van der Waals surface area (Å²) in [4.78, 5) is 19.2. The predicted octanol–water partition coefficient (Wildman–Crippen LogP) is 3.02. The summed E-state index contributed by atoms with van der Waals surface area (Å²) >= 11 is 0. The van der Waals surface area contributed by atoms with Gasteiger partial charge in [0.25, 0.3) is 5.91 Å². The molecule has 8 heteroatoms. The van der Waals surface area contributed by atoms with Crippen LogP contribution in [0.15, 0.2) is 52.1 Å². The van der Waals surface area contributed by atoms with E-state index >= 15 is 0 Å². The number of hydrogen-bond acceptors (Lipinski definition) is 4. The van der Waals surface area contributed by atoms with Crippen LogP contribution in [0.1, 0.15) is 34.5 Å². The van der Waals surface area contributed by atoms with Gasteiger partial charge < -0.3 is 24.7 Å². The molecule has 1 atom stereocenters. The van der Waals surface area contributed by atoms with Crippen LogP contribution in [-0.2, 0) is 17.8 Å². The van der Waals surface area contributed by atoms with Gasteiger partial charge in [0.15, 0.2) is 5.96 Å². The fourth-order valence-corrected chi connectivity index (χ4v) is 4.11. The molecule has 1 aromatic heterocycles. The van der Waals surface area contributed by atoms with Crippen molar-refractivity contribution in [3.05, 3.63) is 59.5 Å². The Balaban J connectivity index is 0.00000256. The van der Waals surface area contributed by atoms with Crippen molar-refractivity contribution in [1.29, 1.82) is 0 Å². The number of carbonyl (C=O) groups is 1. The first-order valence-corrected chi connectivity index (χ1v) is 10.1. The van der Waals surface area contributed by atoms with Gasteiger partial charge in [0, 0.05) is 44.3 Å². The average Bonchev–Trinajstić information content (AvgIpc) is 3.51. The molecule has 2 N–H and O–H groups in total. The summed E-state index contributed by atoms with van der Waals surface area (Å²) in [6.07, 6.45) is 3.89. The van der Waals surface area contributed by atoms with Crippen LogP contribution < -0.4 is 10.6 Å². The molecule has 2 aromatic rings. The third-order valence-corrected chi connectivity index (χ3v) is 5.78. The number of carbonyl (C=O) groups excluding carboxylic acids is 1. The number of nitrogens with zero attached hydrogens (tertiary/aromatic N) is 2. The number of aliphatic imine (C=N–C) groups is 1. The van der Waals surface area contributed by atoms with Gasteiger partial charge >= 0.3 is 0 Å². The molecule has 1 unspecified atom stereocenters. The molecule has 0 saturated carbocycles. The van der Waals surface area contributed by atoms with Crippen molar-refractivity contribution in [2.24, 2.45) is 10.4 Å². The summed E-state index contributed by atoms with van der Waals surface area (Å²) in [6.45, 7) is 4.71. The molecule has 2 aliphatic rings. The Hall–Kier alpha value is -2.07. The zero-order valence-electron chi connectivity index (χ0n) is 17.2. The number of nitrogens with one attached hydrogen (secondary N) is 2. The smallest absolute Gasteiger partial charge is 0.251 e. The molecule has 1 aromatic carbocycles. The number of furan rings is 1. The van der Waals surface area contributed by atoms with Crippen LogP contribution in [0.25, 0.3) is 0 Å². The van der Waals surface area contributed by atoms with E-state index in [1.807, 2.05) is 43.4 Å². The number of amides is 1. The minimum Gasteiger partial charge on any atom is -0.467 e. The molecular formula is C22H29IN4O3. The zero-order chi connectivity index (χ0) is 20.1. The quantitative estimate of drug-likeness (QED) is 0.357. The SMILES string of the molecule is CN=C(NCc1cccc(C(=O)NCc2ccco2)c1)N1CCC2(CCOC2)C1.I. The molecule has 4 rings (SSSR count). The maximum atomic E-state index is 12.4. The summed E-state index contributed by atoms with van der Waals surface area (Å²) in [5.74, 6) is 1.52. The van der Waals surface area contributed by atoms with Crippen molar-refractivity contribution < 1.29 is 13.9 Å². The highest BCUT2D eigenvalue weighted by molar-refractivity contribution is 14.0. The van der Waals surface area contributed by atoms with Crippen molar-refractivity contribution in [2.45, 2.75) is 25.9 Å². The van der Waals surface area contributed by atoms with E-state index in [4.69, 9.17) is 9.15 Å². The molecule has 30 heavy (non-hydrogen) atoms. The van der Waals surface area contributed by atoms with Crippen molar-refractivity contribution in [3.63, 3.8) is 0 Å². The van der Waals surface area contributed by atoms with E-state index in [2.05, 4.69) is 20.5 Å². The predicted molar refractivity (Wildman–Crippen MR) is 126 cm³/mol. The number of likely N-dealkylation sites (tertiary alicyclic amines) is 1. The lowest BCUT2D eigenvalue weighted by Gasteiger charge is -2.25. The van der Waals surface area contributed by atoms with E-state index in [0.29, 0.717) is 24.1 Å². The molecular weight excluding hydrogens is 495 g/mol. The first kappa shape index (κ1) is 22.6. The number of halogens is 1. The van der Waals surface area contributed by atoms with E-state index in [9.17, 15) is 4.79 Å². The second-order valence-electron chi connectivity index (χ2n) is 7.84. The van der Waals surface area contributed by atoms with Crippen LogP contribution in [-0.4, -0.2) is 50.1 Å². The van der Waals surface area contributed by atoms with E-state index in [1.54, 1.807) is 6.26 Å². The Morgan fingerprint density at radius 1 is 1.20 bits per heavy atom. The molecule has 162 valence electrons. The van der Waals surface area contributed by atoms with Gasteiger partial charge in [-0.1, -0.05) is 12.1 Å². The van der Waals surface area contributed by atoms with Gasteiger partial charge in [0.05, 0.1) is 19.4 Å². The highest BCUT2D eigenvalue weighted by Crippen LogP contribution is 2.38. The monoisotopic (exact) mass is 524 g/mol. The molecule has 0 radical (unpaired) electrons. The standard InChI is InChI=1S/C22H28N4O3.HI/c1-23-21(26-9-7-22(15-26)8-11-28-16-22)25-13-17-4-2-5-18(12-17)20(27)24-14-19-6-3-10-29-19;/h2-6,10,12H,7-9,11,13-16H2,1H3,(H,23,25)(H,24,27);1H. The number of hydrogen-bond donors (Lipinski definition) is 2. The number of benzene rings is 1. The Kier molecular flexibility index (Phi) is 7.76. The minimum atomic E-state index is -0.115. The number of ether oxygens (including phenoxy) is 1. The Labute approximate surface area is 194 Å². The third-order valence-electron chi connectivity index (χ3n) is 5.78. The fourth-order valence-electron chi connectivity index (χ4n) is 4.11. The molecule has 0 aliphatic carbocycles. The lowest BCUT2D eigenvalue weighted by Crippen LogP contribution is -2.41. The largest absolute Gasteiger partial charge is 0.467 e. The van der Waals surface area contributed by atoms with Crippen molar-refractivity contribution in [2.75, 3.05) is 33.4 Å². The highest BCUT2D eigenvalue weighted by Gasteiger charge is 2.42. The van der Waals surface area contributed by atoms with Gasteiger partial charge in [-0.15, -0.1) is 24.0 Å². The summed E-state index contributed by atoms with van der Waals surface area (Å²) in [5.41, 5.74) is 1.97. The first-order chi connectivity index (χ1) is 14.2. The molecule has 0 bridgehead atoms. The van der Waals surface area contributed by atoms with Gasteiger partial charge in [0.2, 0.25) is 0 Å². The summed E-state index contributed by atoms with van der Waals surface area (Å²) in [6, 6.07) is 11.3. The van der Waals surface area contributed by atoms with Gasteiger partial charge in [-0.05, 0) is 42.7 Å². The molecule has 2 aliphatic heterocycles. The number of guanidine groups is 1. The van der Waals surface area contributed by atoms with Crippen LogP contribution in [0.4, 0.5) is 0 Å². The van der Waals surface area contributed by atoms with Crippen LogP contribution in [0.3, 0.4) is 0 Å². The molecule has 1 amide bonds. The van der Waals surface area contributed by atoms with Crippen molar-refractivity contribution in [3.8, 4) is 0 Å². The van der Waals surface area contributed by atoms with Gasteiger partial charge in [-0.25, -0.2) is 0 Å². The lowest BCUT2D eigenvalue weighted by atomic mass is 9.87. The van der Waals surface area contributed by atoms with Gasteiger partial charge in [-0.2, -0.15) is 0 Å². The summed E-state index contributed by atoms with van der Waals surface area (Å²) in [5, 5.41) is 6.32. The average molecular weight is 524 g/mol. The van der Waals surface area contributed by atoms with E-state index < -0.39 is 0 Å². The molecule has 2 fully saturated rings. The fraction of sp³-hybridized carbons (Fsp3) is 0.455. The maximum Gasteiger partial charge on any atom is 0.251 e. The zero-order valence-corrected chi connectivity index (χ0v) is 19.6. The van der Waals surface area contributed by atoms with Crippen LogP contribution >= 0.6 is 24.0 Å². The molecule has 1 spiro atoms. The lowest BCUT2D eigenvalue weighted by molar-refractivity contribution is 0.0948. The number of rotatable bonds is 5. The van der Waals surface area contributed by atoms with Crippen LogP contribution in [0, 0.1) is 5.41 Å². The molecule has 2 saturated heterocycles. The summed E-state index contributed by atoms with van der Waals surface area (Å²) in [7, 11) is 1.82. The molecule has 3 heterocycles. The third kappa shape index (κ3) is 5.34. The Morgan fingerprint density at radius 2 is 2.10 bits per heavy atom. The Bertz CT molecular complexity index is 863. The first-order valence-electron chi connectivity index (χ1n) is 10.1. The van der Waals surface area contributed by atoms with E-state index in [1.165, 1.54) is 0 Å². The highest BCUT2D eigenvalue weighted by atomic mass is 127. The second-order valence-corrected chi connectivity index (χ2v) is 7.84. The minimum absolute atomic E-state index is 0. The topological polar surface area (TPSA) is 79.1 Å². The van der Waals surface area contributed by atoms with Crippen LogP contribution in [0.2, 0.25) is 0 Å². The normalized spacial score (nSPS) is 21.0. The maximum absolute atomic E-state index is 12.4. The second kappa shape index (κ2) is 10.3. The molecule has 7 nitrogen and oxygen atoms in total. The van der Waals surface area contributed by atoms with E-state index in [-0.39, 0.29) is 29.9 Å². The van der Waals surface area contributed by atoms with Crippen LogP contribution in [0.5, 0.6) is 0 Å².